The van der Waals surface area contributed by atoms with Crippen LogP contribution in [0.5, 0.6) is 0 Å². The Bertz CT molecular complexity index is 528. The zero-order valence-corrected chi connectivity index (χ0v) is 14.3. The molecular formula is C20H31N2+. The Hall–Kier alpha value is -1.57. The van der Waals surface area contributed by atoms with E-state index in [1.165, 1.54) is 56.5 Å². The number of benzene rings is 1. The fourth-order valence-corrected chi connectivity index (χ4v) is 2.97. The molecule has 0 unspecified atom stereocenters. The second kappa shape index (κ2) is 9.45. The van der Waals surface area contributed by atoms with Crippen LogP contribution in [-0.4, -0.2) is 4.57 Å². The molecule has 0 aliphatic rings. The third kappa shape index (κ3) is 4.72. The number of aryl methyl sites for hydroxylation is 1. The Kier molecular flexibility index (Phi) is 7.21. The van der Waals surface area contributed by atoms with Gasteiger partial charge in [0.1, 0.15) is 18.1 Å². The third-order valence-electron chi connectivity index (χ3n) is 4.30. The van der Waals surface area contributed by atoms with E-state index < -0.39 is 0 Å². The van der Waals surface area contributed by atoms with Crippen LogP contribution < -0.4 is 4.57 Å². The zero-order chi connectivity index (χ0) is 15.6. The highest BCUT2D eigenvalue weighted by atomic mass is 15.1. The molecule has 2 aromatic rings. The molecule has 2 heteroatoms. The number of hydrogen-bond acceptors (Lipinski definition) is 0. The van der Waals surface area contributed by atoms with Gasteiger partial charge < -0.3 is 0 Å². The molecule has 2 rings (SSSR count). The van der Waals surface area contributed by atoms with Gasteiger partial charge in [0.25, 0.3) is 5.82 Å². The molecule has 0 bridgehead atoms. The van der Waals surface area contributed by atoms with Crippen molar-refractivity contribution in [1.29, 1.82) is 0 Å². The molecule has 0 amide bonds. The summed E-state index contributed by atoms with van der Waals surface area (Å²) in [5, 5.41) is 0. The average molecular weight is 299 g/mol. The lowest BCUT2D eigenvalue weighted by molar-refractivity contribution is -0.704. The molecule has 0 spiro atoms. The topological polar surface area (TPSA) is 8.81 Å². The van der Waals surface area contributed by atoms with E-state index >= 15 is 0 Å². The standard InChI is InChI=1S/C20H31N2/c1-3-5-7-8-12-16-21-17-18-22(20(21)15-6-4-2)19-13-10-9-11-14-19/h9-11,13-14,17-18H,3-8,12,15-16H2,1-2H3/q+1. The third-order valence-corrected chi connectivity index (χ3v) is 4.30. The molecule has 1 aromatic heterocycles. The lowest BCUT2D eigenvalue weighted by Crippen LogP contribution is -2.37. The Morgan fingerprint density at radius 2 is 1.59 bits per heavy atom. The van der Waals surface area contributed by atoms with Crippen molar-refractivity contribution in [3.8, 4) is 5.69 Å². The molecule has 0 aliphatic carbocycles. The number of hydrogen-bond donors (Lipinski definition) is 0. The van der Waals surface area contributed by atoms with Crippen molar-refractivity contribution in [1.82, 2.24) is 4.57 Å². The van der Waals surface area contributed by atoms with E-state index in [0.29, 0.717) is 0 Å². The zero-order valence-electron chi connectivity index (χ0n) is 14.3. The molecule has 2 nitrogen and oxygen atoms in total. The van der Waals surface area contributed by atoms with Crippen molar-refractivity contribution in [2.75, 3.05) is 0 Å². The smallest absolute Gasteiger partial charge is 0.234 e. The van der Waals surface area contributed by atoms with E-state index in [1.54, 1.807) is 0 Å². The monoisotopic (exact) mass is 299 g/mol. The minimum absolute atomic E-state index is 1.16. The highest BCUT2D eigenvalue weighted by Crippen LogP contribution is 2.12. The summed E-state index contributed by atoms with van der Waals surface area (Å²) in [5.74, 6) is 1.45. The number of rotatable bonds is 10. The van der Waals surface area contributed by atoms with E-state index in [0.717, 1.165) is 13.0 Å². The van der Waals surface area contributed by atoms with Crippen LogP contribution in [0.4, 0.5) is 0 Å². The van der Waals surface area contributed by atoms with Crippen molar-refractivity contribution in [3.05, 3.63) is 48.5 Å². The first-order chi connectivity index (χ1) is 10.9. The van der Waals surface area contributed by atoms with Gasteiger partial charge in [0.15, 0.2) is 0 Å². The van der Waals surface area contributed by atoms with Gasteiger partial charge in [-0.1, -0.05) is 57.7 Å². The van der Waals surface area contributed by atoms with Gasteiger partial charge >= 0.3 is 0 Å². The highest BCUT2D eigenvalue weighted by Gasteiger charge is 2.17. The van der Waals surface area contributed by atoms with Crippen molar-refractivity contribution in [2.45, 2.75) is 71.8 Å². The number of nitrogens with zero attached hydrogens (tertiary/aromatic N) is 2. The summed E-state index contributed by atoms with van der Waals surface area (Å²) in [6.45, 7) is 5.70. The quantitative estimate of drug-likeness (QED) is 0.427. The van der Waals surface area contributed by atoms with Crippen molar-refractivity contribution < 1.29 is 4.57 Å². The molecule has 0 N–H and O–H groups in total. The minimum atomic E-state index is 1.16. The van der Waals surface area contributed by atoms with E-state index in [4.69, 9.17) is 0 Å². The summed E-state index contributed by atoms with van der Waals surface area (Å²) in [4.78, 5) is 0. The highest BCUT2D eigenvalue weighted by molar-refractivity contribution is 5.31. The van der Waals surface area contributed by atoms with Gasteiger partial charge in [-0.2, -0.15) is 4.57 Å². The first-order valence-electron chi connectivity index (χ1n) is 9.02. The number of unbranched alkanes of at least 4 members (excludes halogenated alkanes) is 5. The maximum atomic E-state index is 2.47. The molecule has 0 atom stereocenters. The summed E-state index contributed by atoms with van der Waals surface area (Å²) >= 11 is 0. The Morgan fingerprint density at radius 1 is 0.864 bits per heavy atom. The number of para-hydroxylation sites is 1. The summed E-state index contributed by atoms with van der Waals surface area (Å²) in [7, 11) is 0. The predicted octanol–water partition coefficient (Wildman–Crippen LogP) is 5.08. The SMILES string of the molecule is CCCCCCC[n+]1ccn(-c2ccccc2)c1CCCC. The van der Waals surface area contributed by atoms with Crippen molar-refractivity contribution >= 4 is 0 Å². The number of imidazole rings is 1. The first kappa shape index (κ1) is 16.8. The lowest BCUT2D eigenvalue weighted by Gasteiger charge is -2.05. The largest absolute Gasteiger partial charge is 0.261 e. The van der Waals surface area contributed by atoms with E-state index in [9.17, 15) is 0 Å². The van der Waals surface area contributed by atoms with Gasteiger partial charge in [-0.3, -0.25) is 0 Å². The van der Waals surface area contributed by atoms with Gasteiger partial charge in [0.05, 0.1) is 6.54 Å². The maximum Gasteiger partial charge on any atom is 0.261 e. The Balaban J connectivity index is 2.07. The van der Waals surface area contributed by atoms with Gasteiger partial charge in [-0.15, -0.1) is 0 Å². The van der Waals surface area contributed by atoms with Crippen LogP contribution in [0, 0.1) is 0 Å². The maximum absolute atomic E-state index is 2.47. The molecule has 0 radical (unpaired) electrons. The number of aromatic nitrogens is 2. The van der Waals surface area contributed by atoms with E-state index in [1.807, 2.05) is 0 Å². The van der Waals surface area contributed by atoms with Crippen molar-refractivity contribution in [2.24, 2.45) is 0 Å². The molecule has 0 fully saturated rings. The van der Waals surface area contributed by atoms with Crippen molar-refractivity contribution in [3.63, 3.8) is 0 Å². The average Bonchev–Trinajstić information content (AvgIpc) is 2.96. The molecule has 120 valence electrons. The Labute approximate surface area is 135 Å². The molecule has 0 aliphatic heterocycles. The van der Waals surface area contributed by atoms with E-state index in [-0.39, 0.29) is 0 Å². The van der Waals surface area contributed by atoms with Crippen LogP contribution in [0.1, 0.15) is 64.6 Å². The molecule has 22 heavy (non-hydrogen) atoms. The predicted molar refractivity (Wildman–Crippen MR) is 93.3 cm³/mol. The normalized spacial score (nSPS) is 11.0. The summed E-state index contributed by atoms with van der Waals surface area (Å²) < 4.78 is 4.83. The van der Waals surface area contributed by atoms with Crippen LogP contribution in [0.25, 0.3) is 5.69 Å². The molecule has 0 saturated heterocycles. The second-order valence-corrected chi connectivity index (χ2v) is 6.13. The fraction of sp³-hybridized carbons (Fsp3) is 0.550. The van der Waals surface area contributed by atoms with Crippen LogP contribution in [0.3, 0.4) is 0 Å². The van der Waals surface area contributed by atoms with E-state index in [2.05, 4.69) is 65.7 Å². The molecule has 1 heterocycles. The minimum Gasteiger partial charge on any atom is -0.234 e. The molecule has 1 aromatic carbocycles. The van der Waals surface area contributed by atoms with Gasteiger partial charge in [0, 0.05) is 6.42 Å². The van der Waals surface area contributed by atoms with Crippen LogP contribution in [-0.2, 0) is 13.0 Å². The fourth-order valence-electron chi connectivity index (χ4n) is 2.97. The van der Waals surface area contributed by atoms with Crippen LogP contribution in [0.2, 0.25) is 0 Å². The summed E-state index contributed by atoms with van der Waals surface area (Å²) in [5.41, 5.74) is 1.28. The second-order valence-electron chi connectivity index (χ2n) is 6.13. The first-order valence-corrected chi connectivity index (χ1v) is 9.02. The van der Waals surface area contributed by atoms with Crippen LogP contribution in [0.15, 0.2) is 42.7 Å². The van der Waals surface area contributed by atoms with Gasteiger partial charge in [-0.05, 0) is 31.4 Å². The Morgan fingerprint density at radius 3 is 2.32 bits per heavy atom. The lowest BCUT2D eigenvalue weighted by atomic mass is 10.1. The summed E-state index contributed by atoms with van der Waals surface area (Å²) in [6.07, 6.45) is 14.9. The summed E-state index contributed by atoms with van der Waals surface area (Å²) in [6, 6.07) is 10.7. The van der Waals surface area contributed by atoms with Crippen LogP contribution >= 0.6 is 0 Å². The van der Waals surface area contributed by atoms with Gasteiger partial charge in [-0.25, -0.2) is 4.57 Å². The molecular weight excluding hydrogens is 268 g/mol. The van der Waals surface area contributed by atoms with Gasteiger partial charge in [0.2, 0.25) is 0 Å². The molecule has 0 saturated carbocycles.